The lowest BCUT2D eigenvalue weighted by molar-refractivity contribution is 0.0625. The molecule has 1 rings (SSSR count). The highest BCUT2D eigenvalue weighted by molar-refractivity contribution is 9.10. The smallest absolute Gasteiger partial charge is 0.260 e. The van der Waals surface area contributed by atoms with Gasteiger partial charge < -0.3 is 5.73 Å². The number of alkyl halides is 2. The molecule has 0 fully saturated rings. The first-order chi connectivity index (χ1) is 6.35. The van der Waals surface area contributed by atoms with Crippen molar-refractivity contribution in [3.05, 3.63) is 33.3 Å². The van der Waals surface area contributed by atoms with Gasteiger partial charge in [-0.25, -0.2) is 8.78 Å². The van der Waals surface area contributed by atoms with Crippen LogP contribution in [0.2, 0.25) is 5.02 Å². The molecule has 1 nitrogen and oxygen atoms in total. The molecule has 0 spiro atoms. The zero-order chi connectivity index (χ0) is 10.9. The maximum atomic E-state index is 12.6. The van der Waals surface area contributed by atoms with Gasteiger partial charge in [0.25, 0.3) is 6.43 Å². The van der Waals surface area contributed by atoms with Crippen molar-refractivity contribution in [3.63, 3.8) is 0 Å². The molecule has 0 aliphatic rings. The fourth-order valence-corrected chi connectivity index (χ4v) is 1.38. The van der Waals surface area contributed by atoms with Gasteiger partial charge in [0.1, 0.15) is 0 Å². The number of nitrogens with two attached hydrogens (primary N) is 1. The Kier molecular flexibility index (Phi) is 3.50. The molecular weight excluding hydrogens is 275 g/mol. The summed E-state index contributed by atoms with van der Waals surface area (Å²) in [5, 5.41) is 0.375. The minimum absolute atomic E-state index is 0.320. The molecular formula is C9H9BrClF2N. The van der Waals surface area contributed by atoms with Gasteiger partial charge in [-0.15, -0.1) is 0 Å². The molecule has 2 N–H and O–H groups in total. The molecule has 1 atom stereocenters. The SMILES string of the molecule is CC(N)(c1ccc(Br)c(Cl)c1)C(F)F. The van der Waals surface area contributed by atoms with E-state index in [0.717, 1.165) is 0 Å². The Morgan fingerprint density at radius 2 is 2.07 bits per heavy atom. The van der Waals surface area contributed by atoms with E-state index in [9.17, 15) is 8.78 Å². The molecule has 0 saturated carbocycles. The van der Waals surface area contributed by atoms with Crippen molar-refractivity contribution >= 4 is 27.5 Å². The van der Waals surface area contributed by atoms with Crippen molar-refractivity contribution in [2.24, 2.45) is 5.73 Å². The number of hydrogen-bond acceptors (Lipinski definition) is 1. The number of rotatable bonds is 2. The van der Waals surface area contributed by atoms with E-state index in [1.807, 2.05) is 0 Å². The summed E-state index contributed by atoms with van der Waals surface area (Å²) >= 11 is 8.95. The molecule has 0 aromatic heterocycles. The van der Waals surface area contributed by atoms with Crippen LogP contribution in [0.25, 0.3) is 0 Å². The monoisotopic (exact) mass is 283 g/mol. The first-order valence-electron chi connectivity index (χ1n) is 3.88. The lowest BCUT2D eigenvalue weighted by Gasteiger charge is -2.24. The summed E-state index contributed by atoms with van der Waals surface area (Å²) in [7, 11) is 0. The van der Waals surface area contributed by atoms with Crippen LogP contribution in [0, 0.1) is 0 Å². The van der Waals surface area contributed by atoms with Gasteiger partial charge in [-0.1, -0.05) is 17.7 Å². The van der Waals surface area contributed by atoms with Gasteiger partial charge in [0.15, 0.2) is 0 Å². The number of hydrogen-bond donors (Lipinski definition) is 1. The van der Waals surface area contributed by atoms with E-state index in [-0.39, 0.29) is 0 Å². The quantitative estimate of drug-likeness (QED) is 0.883. The lowest BCUT2D eigenvalue weighted by Crippen LogP contribution is -2.40. The third-order valence-corrected chi connectivity index (χ3v) is 3.23. The average Bonchev–Trinajstić information content (AvgIpc) is 2.09. The van der Waals surface area contributed by atoms with E-state index in [2.05, 4.69) is 15.9 Å². The van der Waals surface area contributed by atoms with E-state index < -0.39 is 12.0 Å². The highest BCUT2D eigenvalue weighted by Gasteiger charge is 2.32. The molecule has 1 aromatic carbocycles. The molecule has 0 aliphatic carbocycles. The summed E-state index contributed by atoms with van der Waals surface area (Å²) in [6.45, 7) is 1.28. The maximum Gasteiger partial charge on any atom is 0.260 e. The zero-order valence-corrected chi connectivity index (χ0v) is 9.74. The Labute approximate surface area is 94.4 Å². The topological polar surface area (TPSA) is 26.0 Å². The predicted octanol–water partition coefficient (Wildman–Crippen LogP) is 3.54. The van der Waals surface area contributed by atoms with Gasteiger partial charge >= 0.3 is 0 Å². The first-order valence-corrected chi connectivity index (χ1v) is 5.05. The predicted molar refractivity (Wildman–Crippen MR) is 56.7 cm³/mol. The van der Waals surface area contributed by atoms with Crippen LogP contribution in [0.4, 0.5) is 8.78 Å². The van der Waals surface area contributed by atoms with E-state index in [0.29, 0.717) is 15.1 Å². The highest BCUT2D eigenvalue weighted by Crippen LogP contribution is 2.30. The second kappa shape index (κ2) is 4.13. The van der Waals surface area contributed by atoms with E-state index in [1.54, 1.807) is 6.07 Å². The molecule has 0 saturated heterocycles. The van der Waals surface area contributed by atoms with E-state index in [1.165, 1.54) is 19.1 Å². The number of benzene rings is 1. The summed E-state index contributed by atoms with van der Waals surface area (Å²) in [5.74, 6) is 0. The normalized spacial score (nSPS) is 15.6. The molecule has 5 heteroatoms. The van der Waals surface area contributed by atoms with Crippen LogP contribution in [0.15, 0.2) is 22.7 Å². The van der Waals surface area contributed by atoms with Crippen LogP contribution >= 0.6 is 27.5 Å². The molecule has 0 bridgehead atoms. The largest absolute Gasteiger partial charge is 0.317 e. The van der Waals surface area contributed by atoms with Crippen LogP contribution in [0.3, 0.4) is 0 Å². The van der Waals surface area contributed by atoms with Gasteiger partial charge in [-0.3, -0.25) is 0 Å². The van der Waals surface area contributed by atoms with Crippen LogP contribution in [0.1, 0.15) is 12.5 Å². The minimum atomic E-state index is -2.63. The average molecular weight is 285 g/mol. The maximum absolute atomic E-state index is 12.6. The molecule has 14 heavy (non-hydrogen) atoms. The fraction of sp³-hybridized carbons (Fsp3) is 0.333. The van der Waals surface area contributed by atoms with Crippen molar-refractivity contribution in [3.8, 4) is 0 Å². The summed E-state index contributed by atoms with van der Waals surface area (Å²) < 4.78 is 25.8. The van der Waals surface area contributed by atoms with E-state index in [4.69, 9.17) is 17.3 Å². The third-order valence-electron chi connectivity index (χ3n) is 1.99. The second-order valence-corrected chi connectivity index (χ2v) is 4.47. The van der Waals surface area contributed by atoms with Gasteiger partial charge in [0.2, 0.25) is 0 Å². The molecule has 0 heterocycles. The third kappa shape index (κ3) is 2.24. The Hall–Kier alpha value is -0.190. The molecule has 0 aliphatic heterocycles. The Morgan fingerprint density at radius 1 is 1.50 bits per heavy atom. The van der Waals surface area contributed by atoms with Crippen LogP contribution in [-0.2, 0) is 5.54 Å². The van der Waals surface area contributed by atoms with Gasteiger partial charge in [-0.05, 0) is 40.5 Å². The van der Waals surface area contributed by atoms with Crippen LogP contribution in [0.5, 0.6) is 0 Å². The van der Waals surface area contributed by atoms with Crippen molar-refractivity contribution in [1.82, 2.24) is 0 Å². The standard InChI is InChI=1S/C9H9BrClF2N/c1-9(14,8(12)13)5-2-3-6(10)7(11)4-5/h2-4,8H,14H2,1H3. The van der Waals surface area contributed by atoms with Crippen molar-refractivity contribution in [1.29, 1.82) is 0 Å². The van der Waals surface area contributed by atoms with Crippen molar-refractivity contribution in [2.45, 2.75) is 18.9 Å². The van der Waals surface area contributed by atoms with Gasteiger partial charge in [0.05, 0.1) is 10.6 Å². The Balaban J connectivity index is 3.14. The molecule has 1 aromatic rings. The number of halogens is 4. The summed E-state index contributed by atoms with van der Waals surface area (Å²) in [4.78, 5) is 0. The van der Waals surface area contributed by atoms with Crippen molar-refractivity contribution < 1.29 is 8.78 Å². The molecule has 1 unspecified atom stereocenters. The molecule has 0 radical (unpaired) electrons. The Morgan fingerprint density at radius 3 is 2.50 bits per heavy atom. The molecule has 0 amide bonds. The van der Waals surface area contributed by atoms with Gasteiger partial charge in [0, 0.05) is 4.47 Å². The van der Waals surface area contributed by atoms with Gasteiger partial charge in [-0.2, -0.15) is 0 Å². The highest BCUT2D eigenvalue weighted by atomic mass is 79.9. The van der Waals surface area contributed by atoms with E-state index >= 15 is 0 Å². The van der Waals surface area contributed by atoms with Crippen LogP contribution in [-0.4, -0.2) is 6.43 Å². The second-order valence-electron chi connectivity index (χ2n) is 3.21. The summed E-state index contributed by atoms with van der Waals surface area (Å²) in [5.41, 5.74) is 4.13. The zero-order valence-electron chi connectivity index (χ0n) is 7.40. The first kappa shape index (κ1) is 11.9. The van der Waals surface area contributed by atoms with Crippen LogP contribution < -0.4 is 5.73 Å². The molecule has 78 valence electrons. The lowest BCUT2D eigenvalue weighted by atomic mass is 9.94. The fourth-order valence-electron chi connectivity index (χ4n) is 0.957. The summed E-state index contributed by atoms with van der Waals surface area (Å²) in [6, 6.07) is 4.57. The Bertz CT molecular complexity index is 342. The minimum Gasteiger partial charge on any atom is -0.317 e. The summed E-state index contributed by atoms with van der Waals surface area (Å²) in [6.07, 6.45) is -2.63. The van der Waals surface area contributed by atoms with Crippen molar-refractivity contribution in [2.75, 3.05) is 0 Å².